The van der Waals surface area contributed by atoms with Gasteiger partial charge in [-0.05, 0) is 285 Å². The Bertz CT molecular complexity index is 5700. The fourth-order valence-electron chi connectivity index (χ4n) is 15.4. The Morgan fingerprint density at radius 2 is 0.836 bits per heavy atom. The summed E-state index contributed by atoms with van der Waals surface area (Å²) in [5, 5.41) is 10.3. The van der Waals surface area contributed by atoms with Crippen LogP contribution in [-0.4, -0.2) is 89.7 Å². The van der Waals surface area contributed by atoms with Crippen LogP contribution in [0.5, 0.6) is 0 Å². The topological polar surface area (TPSA) is 114 Å². The molecule has 14 rings (SSSR count). The number of benzene rings is 5. The van der Waals surface area contributed by atoms with Crippen LogP contribution < -0.4 is 45.6 Å². The first-order chi connectivity index (χ1) is 58.9. The molecule has 687 valence electrons. The number of aromatic nitrogens is 8. The molecule has 5 aromatic carbocycles. The van der Waals surface area contributed by atoms with Crippen molar-refractivity contribution in [3.05, 3.63) is 272 Å². The van der Waals surface area contributed by atoms with Crippen LogP contribution in [0, 0.1) is 74.2 Å². The van der Waals surface area contributed by atoms with Crippen molar-refractivity contribution in [2.75, 3.05) is 12.1 Å². The van der Waals surface area contributed by atoms with Gasteiger partial charge in [-0.25, -0.2) is 19.7 Å². The fraction of sp³-hybridized carbons (Fsp3) is 0.408. The molecule has 0 atom stereocenters. The molecule has 25 heteroatoms. The van der Waals surface area contributed by atoms with E-state index in [1.54, 1.807) is 23.0 Å². The van der Waals surface area contributed by atoms with E-state index in [0.717, 1.165) is 88.6 Å². The predicted octanol–water partition coefficient (Wildman–Crippen LogP) is 27.5. The molecule has 1 aliphatic rings. The number of alkyl halides is 2. The van der Waals surface area contributed by atoms with Crippen LogP contribution in [0.25, 0.3) is 80.7 Å². The van der Waals surface area contributed by atoms with Crippen LogP contribution in [-0.2, 0) is 77.3 Å². The number of H-pyrrole nitrogens is 1. The first-order valence-corrected chi connectivity index (χ1v) is 51.6. The molecule has 8 aromatic heterocycles. The zero-order valence-electron chi connectivity index (χ0n) is 83.7. The Labute approximate surface area is 847 Å². The summed E-state index contributed by atoms with van der Waals surface area (Å²) in [6.45, 7) is 86.1. The Morgan fingerprint density at radius 3 is 1.23 bits per heavy atom. The second kappa shape index (κ2) is 50.0. The van der Waals surface area contributed by atoms with E-state index >= 15 is 0 Å². The molecule has 1 saturated heterocycles. The summed E-state index contributed by atoms with van der Waals surface area (Å²) >= 11 is 13.5. The van der Waals surface area contributed by atoms with E-state index in [0.29, 0.717) is 48.0 Å². The molecule has 13 aromatic rings. The van der Waals surface area contributed by atoms with Crippen molar-refractivity contribution in [2.24, 2.45) is 21.1 Å². The predicted molar refractivity (Wildman–Crippen MR) is 557 cm³/mol. The van der Waals surface area contributed by atoms with Crippen LogP contribution in [0.2, 0.25) is 10.3 Å². The molecule has 1 N–H and O–H groups in total. The standard InChI is InChI=1S/2C18H31P.C17H15N3.C17H14N3.C14H18BNO2.C9H9ClN2.C8H7ClN2.CH3F.CH3I.2ClH.Ir.Na.Pd.H/c2*1-16(2,3)14-10-12-15(13-11-14)19(17(4,5)6)18(7,8)9;2*1-11-5-6-13(8-15(11)18-3)16-9-14-7-12(2)20(4)17(14)10-19-16;1-10-7-8-11(9-12(10)16-6)15-17-13(2,3)14(4,5)18-15;1-6-3-7-4-9(10)11-5-8(7)12(6)2;1-5-2-6-3-8(9)10-4-7(6)11-5;2*1-2;;;;;;/h2*10-13H,1-9H3;5-10H,1-2,4H3;5,7-10H,1-2,4H3;7-9H,1-5H3;3-5H,1-2H3;2-4,11H,1H3;2*1H3;2*1H;;;;/q;;;-1;;;;;;;;;+1;+2;-1/i;;;;;;;1D;;;;;;;. The molecule has 1 radical (unpaired) electrons. The molecule has 128 heavy (non-hydrogen) atoms. The SMILES string of the molecule is CC(C)(C)c1ccc([PH+](C(C)(C)C)C(C)(C)C)cc1.CC(C)(C)c1ccc([PH+](C(C)(C)C)C(C)(C)C)cc1.CI.Cc1cc2cc(Cl)ncc2[nH]1.Cc1cc2cc(Cl)ncc2n1C.[2H]CF.[C-]#[N+]c1cc(-c2cc3cc(C)n(C)c3cn2)[c-]cc1C.[C-]#[N+]c1cc(-c2cc3cc(C)n(C)c3cn2)ccc1C.[C-]#[N+]c1cc(B2OC(C)(C)C(C)(C)O2)ccc1C.[Cl][Pd][Cl].[H-].[Ir].[Na+]. The number of nitrogens with one attached hydrogen (secondary N) is 1. The van der Waals surface area contributed by atoms with Gasteiger partial charge < -0.3 is 34.4 Å². The van der Waals surface area contributed by atoms with Crippen LogP contribution in [0.1, 0.15) is 206 Å². The first kappa shape index (κ1) is 115. The first-order valence-electron chi connectivity index (χ1n) is 42.4. The molecule has 0 aliphatic carbocycles. The van der Waals surface area contributed by atoms with Crippen LogP contribution >= 0.6 is 80.7 Å². The van der Waals surface area contributed by atoms with Crippen LogP contribution in [0.15, 0.2) is 170 Å². The van der Waals surface area contributed by atoms with E-state index in [1.807, 2.05) is 161 Å². The Kier molecular flexibility index (Phi) is 44.8. The van der Waals surface area contributed by atoms with E-state index in [9.17, 15) is 4.39 Å². The third-order valence-electron chi connectivity index (χ3n) is 22.2. The largest absolute Gasteiger partial charge is 1.00 e. The number of pyridine rings is 4. The second-order valence-corrected chi connectivity index (χ2v) is 50.5. The summed E-state index contributed by atoms with van der Waals surface area (Å²) < 4.78 is 33.8. The average Bonchev–Trinajstić information content (AvgIpc) is 1.70. The van der Waals surface area contributed by atoms with Crippen molar-refractivity contribution >= 4 is 165 Å². The Hall–Kier alpha value is -5.69. The minimum absolute atomic E-state index is 0. The molecule has 0 saturated carbocycles. The van der Waals surface area contributed by atoms with Gasteiger partial charge in [0.2, 0.25) is 0 Å². The maximum absolute atomic E-state index is 9.96. The number of rotatable bonds is 5. The van der Waals surface area contributed by atoms with Crippen LogP contribution in [0.3, 0.4) is 0 Å². The molecular weight excluding hydrogens is 2110 g/mol. The number of halogens is 6. The maximum Gasteiger partial charge on any atom is 1.00 e. The number of fused-ring (bicyclic) bond motifs is 4. The van der Waals surface area contributed by atoms with Crippen molar-refractivity contribution < 1.29 is 82.1 Å². The summed E-state index contributed by atoms with van der Waals surface area (Å²) in [6.07, 6.45) is 7.31. The van der Waals surface area contributed by atoms with E-state index in [-0.39, 0.29) is 89.1 Å². The van der Waals surface area contributed by atoms with Crippen molar-refractivity contribution in [1.82, 2.24) is 38.6 Å². The smallest absolute Gasteiger partial charge is 1.00 e. The van der Waals surface area contributed by atoms with Gasteiger partial charge >= 0.3 is 71.7 Å². The van der Waals surface area contributed by atoms with Crippen molar-refractivity contribution in [3.8, 4) is 22.5 Å². The van der Waals surface area contributed by atoms with E-state index in [4.69, 9.17) is 72.7 Å². The molecule has 1 aliphatic heterocycles. The molecule has 1 fully saturated rings. The Morgan fingerprint density at radius 1 is 0.492 bits per heavy atom. The van der Waals surface area contributed by atoms with Crippen LogP contribution in [0.4, 0.5) is 21.5 Å². The Balaban J connectivity index is 0.000000508. The zero-order valence-corrected chi connectivity index (χ0v) is 94.8. The van der Waals surface area contributed by atoms with E-state index in [2.05, 4.69) is 306 Å². The molecular formula is C103H134BCl4FIIrN11NaO2P2Pd+. The molecule has 9 heterocycles. The van der Waals surface area contributed by atoms with E-state index < -0.39 is 30.1 Å². The summed E-state index contributed by atoms with van der Waals surface area (Å²) in [4.78, 5) is 32.8. The van der Waals surface area contributed by atoms with Gasteiger partial charge in [0.05, 0.1) is 117 Å². The monoisotopic (exact) mass is 2240 g/mol. The average molecular weight is 2240 g/mol. The summed E-state index contributed by atoms with van der Waals surface area (Å²) in [5.74, 6) is 0. The van der Waals surface area contributed by atoms with Crippen molar-refractivity contribution in [2.45, 2.75) is 243 Å². The molecule has 0 unspecified atom stereocenters. The van der Waals surface area contributed by atoms with Gasteiger partial charge in [0, 0.05) is 102 Å². The van der Waals surface area contributed by atoms with E-state index in [1.165, 1.54) is 33.6 Å². The van der Waals surface area contributed by atoms with Crippen molar-refractivity contribution in [3.63, 3.8) is 0 Å². The number of hydrogen-bond acceptors (Lipinski definition) is 6. The summed E-state index contributed by atoms with van der Waals surface area (Å²) in [7, 11) is 13.1. The van der Waals surface area contributed by atoms with Gasteiger partial charge in [-0.3, -0.25) is 14.2 Å². The third-order valence-corrected chi connectivity index (χ3v) is 30.4. The number of aromatic amines is 1. The molecule has 0 spiro atoms. The fourth-order valence-corrected chi connectivity index (χ4v) is 24.7. The summed E-state index contributed by atoms with van der Waals surface area (Å²) in [6, 6.07) is 53.7. The van der Waals surface area contributed by atoms with Gasteiger partial charge in [-0.15, -0.1) is 23.3 Å². The second-order valence-electron chi connectivity index (χ2n) is 38.7. The number of aryl methyl sites for hydroxylation is 10. The normalized spacial score (nSPS) is 12.7. The molecule has 0 bridgehead atoms. The quantitative estimate of drug-likeness (QED) is 0.0459. The summed E-state index contributed by atoms with van der Waals surface area (Å²) in [5.41, 5.74) is 21.3. The minimum Gasteiger partial charge on any atom is -1.00 e. The molecule has 0 amide bonds. The van der Waals surface area contributed by atoms with Gasteiger partial charge in [-0.1, -0.05) is 155 Å². The molecule has 13 nitrogen and oxygen atoms in total. The zero-order chi connectivity index (χ0) is 96.2. The van der Waals surface area contributed by atoms with Gasteiger partial charge in [0.25, 0.3) is 0 Å². The number of nitrogens with zero attached hydrogens (tertiary/aromatic N) is 10. The maximum atomic E-state index is 9.96. The van der Waals surface area contributed by atoms with Gasteiger partial charge in [0.15, 0.2) is 11.4 Å². The third kappa shape index (κ3) is 32.3. The van der Waals surface area contributed by atoms with Gasteiger partial charge in [0.1, 0.15) is 16.0 Å². The minimum atomic E-state index is -1.00. The number of hydrogen-bond donors (Lipinski definition) is 1. The van der Waals surface area contributed by atoms with Crippen molar-refractivity contribution in [1.29, 1.82) is 0 Å². The van der Waals surface area contributed by atoms with Gasteiger partial charge in [-0.2, -0.15) is 6.07 Å².